The highest BCUT2D eigenvalue weighted by Crippen LogP contribution is 2.34. The van der Waals surface area contributed by atoms with E-state index in [0.717, 1.165) is 80.5 Å². The number of benzene rings is 2. The van der Waals surface area contributed by atoms with Crippen LogP contribution in [0.3, 0.4) is 0 Å². The van der Waals surface area contributed by atoms with Crippen molar-refractivity contribution in [1.29, 1.82) is 5.26 Å². The molecule has 12 heteroatoms. The Kier molecular flexibility index (Phi) is 10.8. The van der Waals surface area contributed by atoms with Crippen LogP contribution in [0.15, 0.2) is 67.3 Å². The molecule has 4 heterocycles. The largest absolute Gasteiger partial charge is 0.494 e. The van der Waals surface area contributed by atoms with Crippen LogP contribution in [0.4, 0.5) is 17.3 Å². The Morgan fingerprint density at radius 1 is 1.02 bits per heavy atom. The average Bonchev–Trinajstić information content (AvgIpc) is 3.58. The van der Waals surface area contributed by atoms with Crippen LogP contribution in [0.1, 0.15) is 25.3 Å². The first-order chi connectivity index (χ1) is 21.6. The molecule has 11 nitrogen and oxygen atoms in total. The van der Waals surface area contributed by atoms with Gasteiger partial charge in [-0.3, -0.25) is 9.58 Å². The molecule has 0 spiro atoms. The Morgan fingerprint density at radius 3 is 2.49 bits per heavy atom. The number of hydrogen-bond acceptors (Lipinski definition) is 10. The maximum atomic E-state index is 9.62. The van der Waals surface area contributed by atoms with Crippen molar-refractivity contribution in [3.05, 3.63) is 72.8 Å². The number of piperidine rings is 1. The molecule has 6 rings (SSSR count). The molecule has 2 saturated heterocycles. The van der Waals surface area contributed by atoms with Crippen molar-refractivity contribution in [3.63, 3.8) is 0 Å². The molecule has 236 valence electrons. The summed E-state index contributed by atoms with van der Waals surface area (Å²) < 4.78 is 19.2. The van der Waals surface area contributed by atoms with Crippen molar-refractivity contribution in [3.8, 4) is 28.7 Å². The Labute approximate surface area is 271 Å². The second-order valence-electron chi connectivity index (χ2n) is 11.2. The highest BCUT2D eigenvalue weighted by atomic mass is 32.1. The minimum Gasteiger partial charge on any atom is -0.494 e. The van der Waals surface area contributed by atoms with E-state index >= 15 is 0 Å². The van der Waals surface area contributed by atoms with Gasteiger partial charge < -0.3 is 24.4 Å². The van der Waals surface area contributed by atoms with E-state index in [0.29, 0.717) is 29.8 Å². The molecule has 2 aliphatic rings. The van der Waals surface area contributed by atoms with Crippen molar-refractivity contribution >= 4 is 30.8 Å². The summed E-state index contributed by atoms with van der Waals surface area (Å²) in [4.78, 5) is 14.1. The van der Waals surface area contributed by atoms with Crippen molar-refractivity contribution in [2.45, 2.75) is 38.5 Å². The summed E-state index contributed by atoms with van der Waals surface area (Å²) in [7, 11) is 1.68. The fourth-order valence-electron chi connectivity index (χ4n) is 5.89. The van der Waals surface area contributed by atoms with Gasteiger partial charge in [0, 0.05) is 74.3 Å². The zero-order valence-corrected chi connectivity index (χ0v) is 26.7. The predicted molar refractivity (Wildman–Crippen MR) is 179 cm³/mol. The number of ether oxygens (including phenoxy) is 3. The van der Waals surface area contributed by atoms with E-state index in [-0.39, 0.29) is 19.6 Å². The highest BCUT2D eigenvalue weighted by Gasteiger charge is 2.26. The summed E-state index contributed by atoms with van der Waals surface area (Å²) >= 11 is 0. The highest BCUT2D eigenvalue weighted by molar-refractivity contribution is 7.59. The lowest BCUT2D eigenvalue weighted by Crippen LogP contribution is -2.49. The molecular weight excluding hydrogens is 588 g/mol. The molecular formula is C33H40N8O3S. The molecule has 0 radical (unpaired) electrons. The van der Waals surface area contributed by atoms with Crippen molar-refractivity contribution in [1.82, 2.24) is 24.6 Å². The van der Waals surface area contributed by atoms with Gasteiger partial charge >= 0.3 is 0 Å². The number of nitrogens with zero attached hydrogens (tertiary/aromatic N) is 7. The fraction of sp³-hybridized carbons (Fsp3) is 0.394. The minimum atomic E-state index is -0.177. The average molecular weight is 629 g/mol. The van der Waals surface area contributed by atoms with E-state index in [1.165, 1.54) is 0 Å². The topological polar surface area (TPSA) is 114 Å². The Morgan fingerprint density at radius 2 is 1.80 bits per heavy atom. The third kappa shape index (κ3) is 7.86. The van der Waals surface area contributed by atoms with Gasteiger partial charge in [0.1, 0.15) is 23.7 Å². The maximum Gasteiger partial charge on any atom is 0.227 e. The van der Waals surface area contributed by atoms with Gasteiger partial charge in [0.25, 0.3) is 0 Å². The van der Waals surface area contributed by atoms with Crippen LogP contribution >= 0.6 is 13.5 Å². The van der Waals surface area contributed by atoms with Crippen molar-refractivity contribution in [2.24, 2.45) is 0 Å². The lowest BCUT2D eigenvalue weighted by molar-refractivity contribution is 0.0115. The number of nitriles is 1. The van der Waals surface area contributed by atoms with Gasteiger partial charge in [-0.25, -0.2) is 9.97 Å². The Balaban J connectivity index is 0.00000400. The SMILES string of the molecule is COc1cc(N2CCC(N3CCOCC3)CC2)ccc1Nc1ncc(-c2ccc(C#N)c(O[C@@H](C)Cn3cccn3)c2)cn1.S. The fourth-order valence-corrected chi connectivity index (χ4v) is 5.89. The van der Waals surface area contributed by atoms with E-state index in [1.54, 1.807) is 36.4 Å². The second-order valence-corrected chi connectivity index (χ2v) is 11.2. The smallest absolute Gasteiger partial charge is 0.227 e. The van der Waals surface area contributed by atoms with E-state index < -0.39 is 0 Å². The molecule has 2 fully saturated rings. The molecule has 1 atom stereocenters. The lowest BCUT2D eigenvalue weighted by Gasteiger charge is -2.40. The molecule has 0 amide bonds. The normalized spacial score (nSPS) is 16.3. The first kappa shape index (κ1) is 32.1. The Bertz CT molecular complexity index is 1560. The van der Waals surface area contributed by atoms with Gasteiger partial charge in [-0.15, -0.1) is 0 Å². The minimum absolute atomic E-state index is 0. The zero-order chi connectivity index (χ0) is 30.3. The maximum absolute atomic E-state index is 9.62. The van der Waals surface area contributed by atoms with Gasteiger partial charge in [-0.2, -0.15) is 23.9 Å². The first-order valence-corrected chi connectivity index (χ1v) is 15.1. The summed E-state index contributed by atoms with van der Waals surface area (Å²) in [5.41, 5.74) is 4.09. The molecule has 0 bridgehead atoms. The third-order valence-corrected chi connectivity index (χ3v) is 8.24. The van der Waals surface area contributed by atoms with Crippen LogP contribution < -0.4 is 19.7 Å². The molecule has 2 aromatic carbocycles. The second kappa shape index (κ2) is 15.1. The van der Waals surface area contributed by atoms with Crippen LogP contribution in [0, 0.1) is 11.3 Å². The number of methoxy groups -OCH3 is 1. The van der Waals surface area contributed by atoms with E-state index in [1.807, 2.05) is 37.4 Å². The monoisotopic (exact) mass is 628 g/mol. The first-order valence-electron chi connectivity index (χ1n) is 15.1. The van der Waals surface area contributed by atoms with Crippen LogP contribution in [0.25, 0.3) is 11.1 Å². The van der Waals surface area contributed by atoms with Gasteiger partial charge in [0.2, 0.25) is 5.95 Å². The number of aromatic nitrogens is 4. The molecule has 1 N–H and O–H groups in total. The van der Waals surface area contributed by atoms with E-state index in [4.69, 9.17) is 14.2 Å². The van der Waals surface area contributed by atoms with Crippen LogP contribution in [0.2, 0.25) is 0 Å². The van der Waals surface area contributed by atoms with Gasteiger partial charge in [-0.05, 0) is 55.7 Å². The summed E-state index contributed by atoms with van der Waals surface area (Å²) in [6.45, 7) is 8.34. The number of nitrogens with one attached hydrogen (secondary N) is 1. The third-order valence-electron chi connectivity index (χ3n) is 8.24. The quantitative estimate of drug-likeness (QED) is 0.262. The molecule has 2 aromatic heterocycles. The van der Waals surface area contributed by atoms with E-state index in [2.05, 4.69) is 48.4 Å². The number of hydrogen-bond donors (Lipinski definition) is 1. The van der Waals surface area contributed by atoms with Gasteiger partial charge in [0.05, 0.1) is 38.1 Å². The van der Waals surface area contributed by atoms with Crippen LogP contribution in [0.5, 0.6) is 11.5 Å². The molecule has 0 aliphatic carbocycles. The summed E-state index contributed by atoms with van der Waals surface area (Å²) in [6, 6.07) is 16.4. The van der Waals surface area contributed by atoms with Crippen LogP contribution in [-0.2, 0) is 11.3 Å². The van der Waals surface area contributed by atoms with Crippen molar-refractivity contribution in [2.75, 3.05) is 56.7 Å². The Hall–Kier alpha value is -4.31. The molecule has 0 unspecified atom stereocenters. The number of anilines is 3. The standard InChI is InChI=1S/C33H38N8O3.H2S/c1-24(23-41-11-3-10-37-41)44-31-18-25(4-5-26(31)20-34)27-21-35-33(36-22-27)38-30-7-6-29(19-32(30)42-2)39-12-8-28(9-13-39)40-14-16-43-17-15-40;/h3-7,10-11,18-19,21-22,24,28H,8-9,12-17,23H2,1-2H3,(H,35,36,38);1H2/t24-;/m0./s1. The number of rotatable bonds is 10. The van der Waals surface area contributed by atoms with Crippen molar-refractivity contribution < 1.29 is 14.2 Å². The number of morpholine rings is 1. The van der Waals surface area contributed by atoms with Gasteiger partial charge in [0.15, 0.2) is 0 Å². The van der Waals surface area contributed by atoms with E-state index in [9.17, 15) is 5.26 Å². The summed E-state index contributed by atoms with van der Waals surface area (Å²) in [6.07, 6.45) is 9.26. The summed E-state index contributed by atoms with van der Waals surface area (Å²) in [5.74, 6) is 1.72. The van der Waals surface area contributed by atoms with Crippen LogP contribution in [-0.4, -0.2) is 83.3 Å². The molecule has 4 aromatic rings. The molecule has 45 heavy (non-hydrogen) atoms. The zero-order valence-electron chi connectivity index (χ0n) is 25.7. The predicted octanol–water partition coefficient (Wildman–Crippen LogP) is 4.85. The molecule has 2 aliphatic heterocycles. The molecule has 0 saturated carbocycles. The summed E-state index contributed by atoms with van der Waals surface area (Å²) in [5, 5.41) is 17.2. The lowest BCUT2D eigenvalue weighted by atomic mass is 10.0. The van der Waals surface area contributed by atoms with Gasteiger partial charge in [-0.1, -0.05) is 6.07 Å².